The molecule has 29 heavy (non-hydrogen) atoms. The normalized spacial score (nSPS) is 12.9. The highest BCUT2D eigenvalue weighted by atomic mass is 16.5. The summed E-state index contributed by atoms with van der Waals surface area (Å²) in [5.41, 5.74) is 18.1. The first kappa shape index (κ1) is 18.5. The van der Waals surface area contributed by atoms with Crippen molar-refractivity contribution in [2.75, 3.05) is 5.73 Å². The van der Waals surface area contributed by atoms with E-state index in [-0.39, 0.29) is 11.9 Å². The lowest BCUT2D eigenvalue weighted by atomic mass is 10.1. The van der Waals surface area contributed by atoms with Gasteiger partial charge in [-0.05, 0) is 17.5 Å². The Balaban J connectivity index is 1.26. The molecule has 3 heterocycles. The van der Waals surface area contributed by atoms with Crippen LogP contribution in [-0.2, 0) is 17.9 Å². The van der Waals surface area contributed by atoms with Crippen molar-refractivity contribution in [3.8, 4) is 5.88 Å². The van der Waals surface area contributed by atoms with E-state index in [1.54, 1.807) is 6.20 Å². The number of benzene rings is 1. The van der Waals surface area contributed by atoms with Crippen molar-refractivity contribution in [1.29, 1.82) is 0 Å². The standard InChI is InChI=1S/C18H21N9O2/c19-18-24-16-15(21-10-22-16)17(25-18)29-9-12-3-1-11(2-4-12)7-20-14(28)6-5-13-8-23-27-26-13/h1-4,8,10,23,26-27H,5-7,9H2,(H,20,28)(H3,19,21,22,24,25). The van der Waals surface area contributed by atoms with Crippen molar-refractivity contribution >= 4 is 23.0 Å². The minimum absolute atomic E-state index is 0.00335. The van der Waals surface area contributed by atoms with Gasteiger partial charge in [-0.15, -0.1) is 0 Å². The van der Waals surface area contributed by atoms with Gasteiger partial charge in [0.2, 0.25) is 17.7 Å². The largest absolute Gasteiger partial charge is 0.471 e. The molecule has 0 fully saturated rings. The number of nitrogens with one attached hydrogen (secondary N) is 5. The van der Waals surface area contributed by atoms with Crippen LogP contribution < -0.4 is 32.2 Å². The van der Waals surface area contributed by atoms with Crippen molar-refractivity contribution in [2.45, 2.75) is 26.0 Å². The fourth-order valence-electron chi connectivity index (χ4n) is 2.78. The van der Waals surface area contributed by atoms with E-state index in [9.17, 15) is 4.79 Å². The summed E-state index contributed by atoms with van der Waals surface area (Å²) in [5.74, 6) is 0.453. The van der Waals surface area contributed by atoms with Crippen molar-refractivity contribution in [1.82, 2.24) is 41.6 Å². The van der Waals surface area contributed by atoms with Crippen LogP contribution in [0.3, 0.4) is 0 Å². The molecule has 11 nitrogen and oxygen atoms in total. The number of imidazole rings is 1. The molecule has 3 aromatic rings. The molecule has 1 aliphatic heterocycles. The lowest BCUT2D eigenvalue weighted by Crippen LogP contribution is -2.32. The molecule has 1 amide bonds. The molecule has 0 radical (unpaired) electrons. The molecule has 0 atom stereocenters. The third kappa shape index (κ3) is 4.71. The number of anilines is 1. The SMILES string of the molecule is Nc1nc(OCc2ccc(CNC(=O)CCC3=CNNN3)cc2)c2nc[nH]c2n1. The zero-order valence-corrected chi connectivity index (χ0v) is 15.5. The number of aromatic nitrogens is 4. The summed E-state index contributed by atoms with van der Waals surface area (Å²) in [6.45, 7) is 0.786. The zero-order chi connectivity index (χ0) is 20.1. The monoisotopic (exact) mass is 395 g/mol. The van der Waals surface area contributed by atoms with Gasteiger partial charge in [0.15, 0.2) is 11.2 Å². The second kappa shape index (κ2) is 8.44. The predicted octanol–water partition coefficient (Wildman–Crippen LogP) is 0.364. The molecular weight excluding hydrogens is 374 g/mol. The predicted molar refractivity (Wildman–Crippen MR) is 105 cm³/mol. The Labute approximate surface area is 166 Å². The summed E-state index contributed by atoms with van der Waals surface area (Å²) < 4.78 is 5.76. The maximum absolute atomic E-state index is 12.0. The van der Waals surface area contributed by atoms with Crippen molar-refractivity contribution < 1.29 is 9.53 Å². The van der Waals surface area contributed by atoms with Crippen molar-refractivity contribution in [3.05, 3.63) is 53.6 Å². The minimum Gasteiger partial charge on any atom is -0.471 e. The van der Waals surface area contributed by atoms with Crippen LogP contribution in [0.25, 0.3) is 11.2 Å². The molecule has 1 aliphatic rings. The number of carbonyl (C=O) groups excluding carboxylic acids is 1. The van der Waals surface area contributed by atoms with Crippen LogP contribution >= 0.6 is 0 Å². The van der Waals surface area contributed by atoms with Gasteiger partial charge >= 0.3 is 0 Å². The molecule has 0 bridgehead atoms. The van der Waals surface area contributed by atoms with Gasteiger partial charge < -0.3 is 31.6 Å². The van der Waals surface area contributed by atoms with Crippen LogP contribution in [0.4, 0.5) is 5.95 Å². The van der Waals surface area contributed by atoms with Crippen LogP contribution in [0.1, 0.15) is 24.0 Å². The van der Waals surface area contributed by atoms with E-state index in [0.717, 1.165) is 16.8 Å². The maximum Gasteiger partial charge on any atom is 0.247 e. The first-order valence-corrected chi connectivity index (χ1v) is 9.07. The van der Waals surface area contributed by atoms with Gasteiger partial charge in [-0.2, -0.15) is 15.5 Å². The Morgan fingerprint density at radius 1 is 1.17 bits per heavy atom. The first-order valence-electron chi connectivity index (χ1n) is 9.07. The van der Waals surface area contributed by atoms with Crippen molar-refractivity contribution in [2.24, 2.45) is 0 Å². The number of H-pyrrole nitrogens is 1. The second-order valence-electron chi connectivity index (χ2n) is 6.43. The summed E-state index contributed by atoms with van der Waals surface area (Å²) in [4.78, 5) is 27.1. The van der Waals surface area contributed by atoms with Gasteiger partial charge in [-0.25, -0.2) is 4.98 Å². The number of amides is 1. The molecule has 0 unspecified atom stereocenters. The zero-order valence-electron chi connectivity index (χ0n) is 15.5. The molecule has 4 rings (SSSR count). The maximum atomic E-state index is 12.0. The molecule has 0 saturated heterocycles. The summed E-state index contributed by atoms with van der Waals surface area (Å²) in [5, 5.41) is 2.92. The molecule has 2 aromatic heterocycles. The molecule has 0 spiro atoms. The smallest absolute Gasteiger partial charge is 0.247 e. The summed E-state index contributed by atoms with van der Waals surface area (Å²) in [6.07, 6.45) is 4.36. The van der Waals surface area contributed by atoms with Gasteiger partial charge in [0.1, 0.15) is 6.61 Å². The van der Waals surface area contributed by atoms with Crippen LogP contribution in [0.2, 0.25) is 0 Å². The lowest BCUT2D eigenvalue weighted by molar-refractivity contribution is -0.121. The minimum atomic E-state index is -0.00335. The highest BCUT2D eigenvalue weighted by molar-refractivity contribution is 5.77. The average Bonchev–Trinajstić information content (AvgIpc) is 3.41. The molecule has 150 valence electrons. The molecule has 11 heteroatoms. The van der Waals surface area contributed by atoms with Gasteiger partial charge in [0.05, 0.1) is 6.33 Å². The topological polar surface area (TPSA) is 155 Å². The number of hydrogen-bond donors (Lipinski definition) is 6. The molecule has 1 aromatic carbocycles. The number of fused-ring (bicyclic) bond motifs is 1. The number of nitrogens with zero attached hydrogens (tertiary/aromatic N) is 3. The van der Waals surface area contributed by atoms with Crippen LogP contribution in [0.15, 0.2) is 42.5 Å². The van der Waals surface area contributed by atoms with Crippen LogP contribution in [-0.4, -0.2) is 25.8 Å². The Morgan fingerprint density at radius 2 is 2.00 bits per heavy atom. The van der Waals surface area contributed by atoms with E-state index < -0.39 is 0 Å². The number of rotatable bonds is 8. The van der Waals surface area contributed by atoms with Crippen LogP contribution in [0.5, 0.6) is 5.88 Å². The van der Waals surface area contributed by atoms with E-state index in [1.165, 1.54) is 6.33 Å². The molecule has 7 N–H and O–H groups in total. The fraction of sp³-hybridized carbons (Fsp3) is 0.222. The van der Waals surface area contributed by atoms with Crippen LogP contribution in [0, 0.1) is 0 Å². The Morgan fingerprint density at radius 3 is 2.79 bits per heavy atom. The number of nitrogens with two attached hydrogens (primary N) is 1. The summed E-state index contributed by atoms with van der Waals surface area (Å²) in [7, 11) is 0. The number of ether oxygens (including phenoxy) is 1. The van der Waals surface area contributed by atoms with Gasteiger partial charge in [0, 0.05) is 24.9 Å². The quantitative estimate of drug-likeness (QED) is 0.317. The third-order valence-corrected chi connectivity index (χ3v) is 4.32. The highest BCUT2D eigenvalue weighted by Gasteiger charge is 2.10. The fourth-order valence-corrected chi connectivity index (χ4v) is 2.78. The number of hydrazine groups is 2. The van der Waals surface area contributed by atoms with E-state index >= 15 is 0 Å². The summed E-state index contributed by atoms with van der Waals surface area (Å²) >= 11 is 0. The number of carbonyl (C=O) groups is 1. The van der Waals surface area contributed by atoms with Crippen molar-refractivity contribution in [3.63, 3.8) is 0 Å². The summed E-state index contributed by atoms with van der Waals surface area (Å²) in [6, 6.07) is 7.79. The van der Waals surface area contributed by atoms with E-state index in [2.05, 4.69) is 41.6 Å². The average molecular weight is 395 g/mol. The van der Waals surface area contributed by atoms with E-state index in [4.69, 9.17) is 10.5 Å². The Hall–Kier alpha value is -3.86. The molecule has 0 saturated carbocycles. The Kier molecular flexibility index (Phi) is 5.38. The third-order valence-electron chi connectivity index (χ3n) is 4.32. The Bertz CT molecular complexity index is 1030. The lowest BCUT2D eigenvalue weighted by Gasteiger charge is -2.08. The number of nitrogen functional groups attached to an aromatic ring is 1. The second-order valence-corrected chi connectivity index (χ2v) is 6.43. The highest BCUT2D eigenvalue weighted by Crippen LogP contribution is 2.20. The van der Waals surface area contributed by atoms with Gasteiger partial charge in [0.25, 0.3) is 0 Å². The number of aromatic amines is 1. The first-order chi connectivity index (χ1) is 14.2. The van der Waals surface area contributed by atoms with Gasteiger partial charge in [-0.1, -0.05) is 24.3 Å². The van der Waals surface area contributed by atoms with E-state index in [0.29, 0.717) is 43.0 Å². The van der Waals surface area contributed by atoms with E-state index in [1.807, 2.05) is 24.3 Å². The molecule has 0 aliphatic carbocycles. The van der Waals surface area contributed by atoms with Gasteiger partial charge in [-0.3, -0.25) is 4.79 Å². The number of allylic oxidation sites excluding steroid dienone is 1. The number of hydrogen-bond acceptors (Lipinski definition) is 9. The molecular formula is C18H21N9O2.